The number of hydrogen-bond acceptors (Lipinski definition) is 4. The van der Waals surface area contributed by atoms with Gasteiger partial charge in [0.1, 0.15) is 18.1 Å². The molecule has 1 atom stereocenters. The minimum atomic E-state index is -0.337. The van der Waals surface area contributed by atoms with E-state index in [4.69, 9.17) is 9.15 Å². The molecule has 0 radical (unpaired) electrons. The molecular formula is C22H23NO3. The fourth-order valence-electron chi connectivity index (χ4n) is 3.64. The molecule has 0 N–H and O–H groups in total. The number of fused-ring (bicyclic) bond motifs is 2. The molecular weight excluding hydrogens is 326 g/mol. The molecule has 1 aliphatic heterocycles. The third kappa shape index (κ3) is 2.80. The molecule has 26 heavy (non-hydrogen) atoms. The zero-order valence-corrected chi connectivity index (χ0v) is 15.4. The van der Waals surface area contributed by atoms with Crippen LogP contribution < -0.4 is 10.4 Å². The number of ether oxygens (including phenoxy) is 1. The quantitative estimate of drug-likeness (QED) is 0.642. The van der Waals surface area contributed by atoms with Crippen LogP contribution in [0.3, 0.4) is 0 Å². The number of aryl methyl sites for hydroxylation is 1. The second-order valence-corrected chi connectivity index (χ2v) is 6.99. The summed E-state index contributed by atoms with van der Waals surface area (Å²) in [6.07, 6.45) is 1.08. The monoisotopic (exact) mass is 349 g/mol. The van der Waals surface area contributed by atoms with Gasteiger partial charge in [0.05, 0.1) is 0 Å². The van der Waals surface area contributed by atoms with Crippen LogP contribution in [-0.2, 0) is 6.54 Å². The average Bonchev–Trinajstić information content (AvgIpc) is 2.68. The van der Waals surface area contributed by atoms with Gasteiger partial charge in [0.2, 0.25) is 0 Å². The summed E-state index contributed by atoms with van der Waals surface area (Å²) in [6.45, 7) is 7.79. The van der Waals surface area contributed by atoms with Crippen molar-refractivity contribution in [3.63, 3.8) is 0 Å². The van der Waals surface area contributed by atoms with E-state index in [-0.39, 0.29) is 5.63 Å². The lowest BCUT2D eigenvalue weighted by molar-refractivity contribution is 0.0602. The Bertz CT molecular complexity index is 1010. The zero-order valence-electron chi connectivity index (χ0n) is 15.4. The molecule has 0 unspecified atom stereocenters. The van der Waals surface area contributed by atoms with Gasteiger partial charge in [-0.2, -0.15) is 0 Å². The molecule has 4 rings (SSSR count). The Labute approximate surface area is 153 Å². The molecule has 0 amide bonds. The van der Waals surface area contributed by atoms with Crippen LogP contribution in [0.2, 0.25) is 0 Å². The van der Waals surface area contributed by atoms with Gasteiger partial charge in [-0.15, -0.1) is 0 Å². The number of rotatable bonds is 3. The lowest BCUT2D eigenvalue weighted by atomic mass is 9.96. The maximum atomic E-state index is 12.2. The van der Waals surface area contributed by atoms with Crippen LogP contribution in [0.4, 0.5) is 0 Å². The molecule has 4 heteroatoms. The van der Waals surface area contributed by atoms with Gasteiger partial charge < -0.3 is 9.15 Å². The minimum absolute atomic E-state index is 0.337. The van der Waals surface area contributed by atoms with Gasteiger partial charge >= 0.3 is 5.63 Å². The van der Waals surface area contributed by atoms with Crippen LogP contribution in [-0.4, -0.2) is 17.7 Å². The van der Waals surface area contributed by atoms with E-state index in [0.717, 1.165) is 46.4 Å². The summed E-state index contributed by atoms with van der Waals surface area (Å²) in [6, 6.07) is 14.1. The summed E-state index contributed by atoms with van der Waals surface area (Å²) in [7, 11) is 0. The van der Waals surface area contributed by atoms with Crippen molar-refractivity contribution >= 4 is 11.0 Å². The normalized spacial score (nSPS) is 15.5. The molecule has 0 bridgehead atoms. The number of nitrogens with zero attached hydrogens (tertiary/aromatic N) is 1. The summed E-state index contributed by atoms with van der Waals surface area (Å²) >= 11 is 0. The summed E-state index contributed by atoms with van der Waals surface area (Å²) in [4.78, 5) is 14.5. The SMILES string of the molecule is CC[C@H](C)N1COc2c(cc3c(-c4ccccc4)cc(=O)oc3c2C)C1. The van der Waals surface area contributed by atoms with E-state index in [1.807, 2.05) is 37.3 Å². The average molecular weight is 349 g/mol. The van der Waals surface area contributed by atoms with Crippen LogP contribution in [0.1, 0.15) is 31.4 Å². The first-order valence-corrected chi connectivity index (χ1v) is 9.11. The van der Waals surface area contributed by atoms with Crippen molar-refractivity contribution in [2.45, 2.75) is 39.8 Å². The van der Waals surface area contributed by atoms with E-state index < -0.39 is 0 Å². The summed E-state index contributed by atoms with van der Waals surface area (Å²) in [5, 5.41) is 0.960. The Hall–Kier alpha value is -2.59. The largest absolute Gasteiger partial charge is 0.477 e. The van der Waals surface area contributed by atoms with E-state index in [0.29, 0.717) is 18.4 Å². The van der Waals surface area contributed by atoms with Crippen LogP contribution in [0.5, 0.6) is 5.75 Å². The first kappa shape index (κ1) is 16.9. The Morgan fingerprint density at radius 1 is 1.19 bits per heavy atom. The second kappa shape index (κ2) is 6.61. The van der Waals surface area contributed by atoms with E-state index in [1.165, 1.54) is 0 Å². The van der Waals surface area contributed by atoms with Gasteiger partial charge in [0.25, 0.3) is 0 Å². The van der Waals surface area contributed by atoms with Crippen molar-refractivity contribution < 1.29 is 9.15 Å². The van der Waals surface area contributed by atoms with E-state index in [1.54, 1.807) is 6.07 Å². The summed E-state index contributed by atoms with van der Waals surface area (Å²) < 4.78 is 11.6. The first-order valence-electron chi connectivity index (χ1n) is 9.11. The topological polar surface area (TPSA) is 42.7 Å². The molecule has 2 aromatic carbocycles. The standard InChI is InChI=1S/C22H23NO3/c1-4-14(2)23-12-17-10-19-18(16-8-6-5-7-9-16)11-20(24)26-22(19)15(3)21(17)25-13-23/h5-11,14H,4,12-13H2,1-3H3/t14-/m0/s1. The van der Waals surface area contributed by atoms with E-state index >= 15 is 0 Å². The molecule has 134 valence electrons. The summed E-state index contributed by atoms with van der Waals surface area (Å²) in [5.74, 6) is 0.852. The predicted octanol–water partition coefficient (Wildman–Crippen LogP) is 4.72. The Morgan fingerprint density at radius 3 is 2.69 bits per heavy atom. The minimum Gasteiger partial charge on any atom is -0.477 e. The van der Waals surface area contributed by atoms with Gasteiger partial charge in [-0.1, -0.05) is 37.3 Å². The van der Waals surface area contributed by atoms with Gasteiger partial charge in [-0.25, -0.2) is 4.79 Å². The highest BCUT2D eigenvalue weighted by Crippen LogP contribution is 2.38. The Balaban J connectivity index is 1.93. The highest BCUT2D eigenvalue weighted by molar-refractivity contribution is 5.96. The molecule has 4 nitrogen and oxygen atoms in total. The Morgan fingerprint density at radius 2 is 1.96 bits per heavy atom. The van der Waals surface area contributed by atoms with Crippen LogP contribution >= 0.6 is 0 Å². The molecule has 0 saturated carbocycles. The third-order valence-electron chi connectivity index (χ3n) is 5.34. The maximum Gasteiger partial charge on any atom is 0.336 e. The first-order chi connectivity index (χ1) is 12.6. The van der Waals surface area contributed by atoms with Gasteiger partial charge in [-0.3, -0.25) is 4.90 Å². The van der Waals surface area contributed by atoms with Crippen molar-refractivity contribution in [3.8, 4) is 16.9 Å². The fraction of sp³-hybridized carbons (Fsp3) is 0.318. The Kier molecular flexibility index (Phi) is 4.29. The van der Waals surface area contributed by atoms with Gasteiger partial charge in [-0.05, 0) is 37.5 Å². The molecule has 0 saturated heterocycles. The fourth-order valence-corrected chi connectivity index (χ4v) is 3.64. The van der Waals surface area contributed by atoms with Crippen LogP contribution in [0, 0.1) is 6.92 Å². The van der Waals surface area contributed by atoms with Crippen LogP contribution in [0.25, 0.3) is 22.1 Å². The highest BCUT2D eigenvalue weighted by Gasteiger charge is 2.25. The summed E-state index contributed by atoms with van der Waals surface area (Å²) in [5.41, 5.74) is 4.25. The van der Waals surface area contributed by atoms with Gasteiger partial charge in [0.15, 0.2) is 0 Å². The predicted molar refractivity (Wildman–Crippen MR) is 103 cm³/mol. The lowest BCUT2D eigenvalue weighted by Gasteiger charge is -2.34. The molecule has 2 heterocycles. The number of hydrogen-bond donors (Lipinski definition) is 0. The molecule has 3 aromatic rings. The third-order valence-corrected chi connectivity index (χ3v) is 5.34. The van der Waals surface area contributed by atoms with Gasteiger partial charge in [0, 0.05) is 35.2 Å². The molecule has 1 aliphatic rings. The molecule has 0 spiro atoms. The van der Waals surface area contributed by atoms with E-state index in [2.05, 4.69) is 24.8 Å². The zero-order chi connectivity index (χ0) is 18.3. The highest BCUT2D eigenvalue weighted by atomic mass is 16.5. The molecule has 0 aliphatic carbocycles. The molecule has 1 aromatic heterocycles. The van der Waals surface area contributed by atoms with Crippen molar-refractivity contribution in [1.82, 2.24) is 4.90 Å². The van der Waals surface area contributed by atoms with Crippen molar-refractivity contribution in [2.24, 2.45) is 0 Å². The number of benzene rings is 2. The van der Waals surface area contributed by atoms with Crippen molar-refractivity contribution in [3.05, 3.63) is 64.0 Å². The maximum absolute atomic E-state index is 12.2. The van der Waals surface area contributed by atoms with E-state index in [9.17, 15) is 4.79 Å². The smallest absolute Gasteiger partial charge is 0.336 e. The lowest BCUT2D eigenvalue weighted by Crippen LogP contribution is -2.38. The van der Waals surface area contributed by atoms with Crippen molar-refractivity contribution in [2.75, 3.05) is 6.73 Å². The second-order valence-electron chi connectivity index (χ2n) is 6.99. The van der Waals surface area contributed by atoms with Crippen LogP contribution in [0.15, 0.2) is 51.7 Å². The van der Waals surface area contributed by atoms with Crippen molar-refractivity contribution in [1.29, 1.82) is 0 Å². The molecule has 0 fully saturated rings.